The minimum atomic E-state index is -0.660. The Morgan fingerprint density at radius 3 is 2.46 bits per heavy atom. The SMILES string of the molecule is CC(CCC(=O)O)C(C)C1CCC1. The monoisotopic (exact) mass is 184 g/mol. The lowest BCUT2D eigenvalue weighted by atomic mass is 9.71. The molecule has 1 fully saturated rings. The van der Waals surface area contributed by atoms with Gasteiger partial charge in [-0.3, -0.25) is 4.79 Å². The van der Waals surface area contributed by atoms with Crippen LogP contribution in [0.4, 0.5) is 0 Å². The third-order valence-electron chi connectivity index (χ3n) is 3.60. The van der Waals surface area contributed by atoms with Gasteiger partial charge in [0.1, 0.15) is 0 Å². The van der Waals surface area contributed by atoms with E-state index in [1.165, 1.54) is 19.3 Å². The highest BCUT2D eigenvalue weighted by Crippen LogP contribution is 2.38. The Balaban J connectivity index is 2.20. The van der Waals surface area contributed by atoms with E-state index >= 15 is 0 Å². The molecule has 2 nitrogen and oxygen atoms in total. The van der Waals surface area contributed by atoms with Crippen molar-refractivity contribution < 1.29 is 9.90 Å². The number of carboxylic acid groups (broad SMARTS) is 1. The van der Waals surface area contributed by atoms with E-state index in [1.54, 1.807) is 0 Å². The van der Waals surface area contributed by atoms with E-state index in [4.69, 9.17) is 5.11 Å². The first-order valence-corrected chi connectivity index (χ1v) is 5.33. The van der Waals surface area contributed by atoms with Gasteiger partial charge in [-0.15, -0.1) is 0 Å². The van der Waals surface area contributed by atoms with Crippen LogP contribution < -0.4 is 0 Å². The zero-order chi connectivity index (χ0) is 9.84. The Morgan fingerprint density at radius 1 is 1.46 bits per heavy atom. The zero-order valence-electron chi connectivity index (χ0n) is 8.62. The van der Waals surface area contributed by atoms with Crippen molar-refractivity contribution >= 4 is 5.97 Å². The normalized spacial score (nSPS) is 22.0. The summed E-state index contributed by atoms with van der Waals surface area (Å²) >= 11 is 0. The van der Waals surface area contributed by atoms with Crippen molar-refractivity contribution in [3.05, 3.63) is 0 Å². The molecule has 0 heterocycles. The van der Waals surface area contributed by atoms with Crippen LogP contribution in [0.3, 0.4) is 0 Å². The largest absolute Gasteiger partial charge is 0.481 e. The van der Waals surface area contributed by atoms with E-state index in [1.807, 2.05) is 0 Å². The number of aliphatic carboxylic acids is 1. The highest BCUT2D eigenvalue weighted by atomic mass is 16.4. The van der Waals surface area contributed by atoms with Crippen LogP contribution in [-0.2, 0) is 4.79 Å². The van der Waals surface area contributed by atoms with Crippen LogP contribution in [0.1, 0.15) is 46.0 Å². The van der Waals surface area contributed by atoms with Gasteiger partial charge >= 0.3 is 5.97 Å². The van der Waals surface area contributed by atoms with Gasteiger partial charge < -0.3 is 5.11 Å². The van der Waals surface area contributed by atoms with Crippen molar-refractivity contribution in [1.82, 2.24) is 0 Å². The number of hydrogen-bond donors (Lipinski definition) is 1. The summed E-state index contributed by atoms with van der Waals surface area (Å²) in [5.74, 6) is 1.51. The quantitative estimate of drug-likeness (QED) is 0.713. The highest BCUT2D eigenvalue weighted by molar-refractivity contribution is 5.66. The van der Waals surface area contributed by atoms with Crippen molar-refractivity contribution in [3.63, 3.8) is 0 Å². The first-order valence-electron chi connectivity index (χ1n) is 5.33. The molecule has 0 spiro atoms. The molecule has 2 atom stereocenters. The molecular weight excluding hydrogens is 164 g/mol. The average Bonchev–Trinajstić information content (AvgIpc) is 1.96. The van der Waals surface area contributed by atoms with E-state index in [2.05, 4.69) is 13.8 Å². The van der Waals surface area contributed by atoms with Crippen LogP contribution in [0.15, 0.2) is 0 Å². The number of carbonyl (C=O) groups is 1. The zero-order valence-corrected chi connectivity index (χ0v) is 8.62. The summed E-state index contributed by atoms with van der Waals surface area (Å²) in [6, 6.07) is 0. The predicted molar refractivity (Wildman–Crippen MR) is 52.5 cm³/mol. The Labute approximate surface area is 80.3 Å². The number of carboxylic acids is 1. The first kappa shape index (κ1) is 10.6. The molecule has 2 heteroatoms. The fourth-order valence-corrected chi connectivity index (χ4v) is 2.04. The van der Waals surface area contributed by atoms with Gasteiger partial charge in [-0.2, -0.15) is 0 Å². The standard InChI is InChI=1S/C11H20O2/c1-8(6-7-11(12)13)9(2)10-4-3-5-10/h8-10H,3-7H2,1-2H3,(H,12,13). The molecule has 0 saturated heterocycles. The van der Waals surface area contributed by atoms with Crippen molar-refractivity contribution in [2.75, 3.05) is 0 Å². The third-order valence-corrected chi connectivity index (χ3v) is 3.60. The smallest absolute Gasteiger partial charge is 0.303 e. The van der Waals surface area contributed by atoms with Crippen LogP contribution in [0.5, 0.6) is 0 Å². The van der Waals surface area contributed by atoms with E-state index in [9.17, 15) is 4.79 Å². The molecule has 0 aromatic rings. The maximum Gasteiger partial charge on any atom is 0.303 e. The molecule has 0 amide bonds. The van der Waals surface area contributed by atoms with E-state index in [0.29, 0.717) is 18.3 Å². The van der Waals surface area contributed by atoms with Crippen molar-refractivity contribution in [3.8, 4) is 0 Å². The summed E-state index contributed by atoms with van der Waals surface area (Å²) in [5, 5.41) is 8.55. The molecule has 0 aliphatic heterocycles. The predicted octanol–water partition coefficient (Wildman–Crippen LogP) is 2.92. The summed E-state index contributed by atoms with van der Waals surface area (Å²) < 4.78 is 0. The molecular formula is C11H20O2. The van der Waals surface area contributed by atoms with Crippen molar-refractivity contribution in [1.29, 1.82) is 0 Å². The summed E-state index contributed by atoms with van der Waals surface area (Å²) in [7, 11) is 0. The second-order valence-electron chi connectivity index (χ2n) is 4.46. The molecule has 1 rings (SSSR count). The van der Waals surface area contributed by atoms with Crippen molar-refractivity contribution in [2.45, 2.75) is 46.0 Å². The summed E-state index contributed by atoms with van der Waals surface area (Å²) in [5.41, 5.74) is 0. The lowest BCUT2D eigenvalue weighted by molar-refractivity contribution is -0.137. The van der Waals surface area contributed by atoms with Crippen molar-refractivity contribution in [2.24, 2.45) is 17.8 Å². The molecule has 76 valence electrons. The molecule has 1 saturated carbocycles. The van der Waals surface area contributed by atoms with E-state index in [-0.39, 0.29) is 0 Å². The summed E-state index contributed by atoms with van der Waals surface area (Å²) in [6.07, 6.45) is 5.27. The molecule has 0 radical (unpaired) electrons. The third kappa shape index (κ3) is 3.02. The van der Waals surface area contributed by atoms with Gasteiger partial charge in [-0.25, -0.2) is 0 Å². The summed E-state index contributed by atoms with van der Waals surface area (Å²) in [4.78, 5) is 10.4. The molecule has 0 aromatic carbocycles. The first-order chi connectivity index (χ1) is 6.11. The maximum absolute atomic E-state index is 10.4. The minimum Gasteiger partial charge on any atom is -0.481 e. The van der Waals surface area contributed by atoms with Gasteiger partial charge in [-0.1, -0.05) is 33.1 Å². The Kier molecular flexibility index (Phi) is 3.76. The van der Waals surface area contributed by atoms with Gasteiger partial charge in [0, 0.05) is 6.42 Å². The van der Waals surface area contributed by atoms with Gasteiger partial charge in [0.25, 0.3) is 0 Å². The molecule has 1 aliphatic carbocycles. The molecule has 13 heavy (non-hydrogen) atoms. The second kappa shape index (κ2) is 4.64. The van der Waals surface area contributed by atoms with Crippen LogP contribution in [0.2, 0.25) is 0 Å². The van der Waals surface area contributed by atoms with Crippen LogP contribution >= 0.6 is 0 Å². The van der Waals surface area contributed by atoms with Gasteiger partial charge in [0.2, 0.25) is 0 Å². The molecule has 1 N–H and O–H groups in total. The molecule has 0 aromatic heterocycles. The van der Waals surface area contributed by atoms with Gasteiger partial charge in [0.05, 0.1) is 0 Å². The van der Waals surface area contributed by atoms with Gasteiger partial charge in [-0.05, 0) is 24.2 Å². The van der Waals surface area contributed by atoms with E-state index < -0.39 is 5.97 Å². The number of hydrogen-bond acceptors (Lipinski definition) is 1. The van der Waals surface area contributed by atoms with Crippen LogP contribution in [-0.4, -0.2) is 11.1 Å². The Bertz CT molecular complexity index is 173. The highest BCUT2D eigenvalue weighted by Gasteiger charge is 2.27. The maximum atomic E-state index is 10.4. The molecule has 0 bridgehead atoms. The van der Waals surface area contributed by atoms with Gasteiger partial charge in [0.15, 0.2) is 0 Å². The molecule has 2 unspecified atom stereocenters. The fourth-order valence-electron chi connectivity index (χ4n) is 2.04. The minimum absolute atomic E-state index is 0.332. The summed E-state index contributed by atoms with van der Waals surface area (Å²) in [6.45, 7) is 4.46. The topological polar surface area (TPSA) is 37.3 Å². The molecule has 1 aliphatic rings. The average molecular weight is 184 g/mol. The Hall–Kier alpha value is -0.530. The Morgan fingerprint density at radius 2 is 2.08 bits per heavy atom. The number of rotatable bonds is 5. The lowest BCUT2D eigenvalue weighted by Gasteiger charge is -2.35. The second-order valence-corrected chi connectivity index (χ2v) is 4.46. The van der Waals surface area contributed by atoms with Crippen LogP contribution in [0.25, 0.3) is 0 Å². The lowest BCUT2D eigenvalue weighted by Crippen LogP contribution is -2.25. The van der Waals surface area contributed by atoms with E-state index in [0.717, 1.165) is 12.3 Å². The fraction of sp³-hybridized carbons (Fsp3) is 0.909. The van der Waals surface area contributed by atoms with Crippen LogP contribution in [0, 0.1) is 17.8 Å².